The molecular formula is C12H18N6O2. The molecule has 0 aliphatic heterocycles. The first-order valence-corrected chi connectivity index (χ1v) is 6.31. The molecule has 0 saturated heterocycles. The van der Waals surface area contributed by atoms with E-state index in [9.17, 15) is 0 Å². The zero-order valence-electron chi connectivity index (χ0n) is 11.8. The Morgan fingerprint density at radius 3 is 2.80 bits per heavy atom. The molecule has 8 nitrogen and oxygen atoms in total. The minimum atomic E-state index is 0.246. The summed E-state index contributed by atoms with van der Waals surface area (Å²) in [6.07, 6.45) is 0.815. The normalized spacial score (nSPS) is 10.8. The fraction of sp³-hybridized carbons (Fsp3) is 0.500. The number of methoxy groups -OCH3 is 1. The molecule has 0 aliphatic rings. The van der Waals surface area contributed by atoms with Crippen LogP contribution in [0, 0.1) is 6.92 Å². The Morgan fingerprint density at radius 2 is 2.10 bits per heavy atom. The van der Waals surface area contributed by atoms with Crippen molar-refractivity contribution in [2.45, 2.75) is 33.4 Å². The quantitative estimate of drug-likeness (QED) is 0.807. The van der Waals surface area contributed by atoms with Gasteiger partial charge in [-0.15, -0.1) is 0 Å². The van der Waals surface area contributed by atoms with Gasteiger partial charge in [0.1, 0.15) is 12.4 Å². The number of nitrogens with two attached hydrogens (primary N) is 1. The predicted octanol–water partition coefficient (Wildman–Crippen LogP) is 1.07. The summed E-state index contributed by atoms with van der Waals surface area (Å²) < 4.78 is 9.93. The van der Waals surface area contributed by atoms with E-state index in [1.54, 1.807) is 7.11 Å². The van der Waals surface area contributed by atoms with Crippen LogP contribution >= 0.6 is 0 Å². The Labute approximate surface area is 116 Å². The molecule has 2 aromatic rings. The van der Waals surface area contributed by atoms with E-state index in [4.69, 9.17) is 15.0 Å². The van der Waals surface area contributed by atoms with E-state index in [1.165, 1.54) is 0 Å². The van der Waals surface area contributed by atoms with Gasteiger partial charge in [-0.25, -0.2) is 4.98 Å². The molecule has 108 valence electrons. The van der Waals surface area contributed by atoms with Crippen LogP contribution in [0.4, 0.5) is 11.8 Å². The summed E-state index contributed by atoms with van der Waals surface area (Å²) in [5.74, 6) is 1.93. The van der Waals surface area contributed by atoms with Gasteiger partial charge in [-0.05, 0) is 13.3 Å². The summed E-state index contributed by atoms with van der Waals surface area (Å²) in [7, 11) is 1.57. The fourth-order valence-electron chi connectivity index (χ4n) is 1.89. The molecule has 8 heteroatoms. The van der Waals surface area contributed by atoms with E-state index in [2.05, 4.69) is 25.4 Å². The smallest absolute Gasteiger partial charge is 0.252 e. The van der Waals surface area contributed by atoms with E-state index in [0.717, 1.165) is 17.7 Å². The third-order valence-corrected chi connectivity index (χ3v) is 2.78. The molecule has 2 rings (SSSR count). The Morgan fingerprint density at radius 1 is 1.30 bits per heavy atom. The van der Waals surface area contributed by atoms with Crippen LogP contribution in [0.25, 0.3) is 0 Å². The monoisotopic (exact) mass is 278 g/mol. The zero-order valence-corrected chi connectivity index (χ0v) is 11.8. The van der Waals surface area contributed by atoms with Crippen LogP contribution in [0.5, 0.6) is 0 Å². The second kappa shape index (κ2) is 6.29. The highest BCUT2D eigenvalue weighted by Gasteiger charge is 2.11. The van der Waals surface area contributed by atoms with E-state index >= 15 is 0 Å². The Balaban J connectivity index is 2.09. The third-order valence-electron chi connectivity index (χ3n) is 2.78. The number of aromatic nitrogens is 4. The number of ether oxygens (including phenoxy) is 1. The van der Waals surface area contributed by atoms with Crippen LogP contribution in [0.1, 0.15) is 29.9 Å². The molecular weight excluding hydrogens is 260 g/mol. The van der Waals surface area contributed by atoms with Crippen molar-refractivity contribution in [3.8, 4) is 0 Å². The molecule has 0 atom stereocenters. The largest absolute Gasteiger partial charge is 0.375 e. The van der Waals surface area contributed by atoms with Gasteiger partial charge in [0.15, 0.2) is 5.82 Å². The van der Waals surface area contributed by atoms with Gasteiger partial charge < -0.3 is 20.3 Å². The van der Waals surface area contributed by atoms with E-state index in [-0.39, 0.29) is 5.95 Å². The molecule has 2 aromatic heterocycles. The third kappa shape index (κ3) is 3.21. The van der Waals surface area contributed by atoms with Gasteiger partial charge in [0.05, 0.1) is 6.54 Å². The molecule has 0 aromatic carbocycles. The average Bonchev–Trinajstić information content (AvgIpc) is 2.84. The van der Waals surface area contributed by atoms with E-state index < -0.39 is 0 Å². The second-order valence-electron chi connectivity index (χ2n) is 4.24. The molecule has 0 unspecified atom stereocenters. The minimum absolute atomic E-state index is 0.246. The number of nitrogen functional groups attached to an aromatic ring is 1. The highest BCUT2D eigenvalue weighted by molar-refractivity contribution is 5.49. The van der Waals surface area contributed by atoms with Crippen molar-refractivity contribution < 1.29 is 9.26 Å². The van der Waals surface area contributed by atoms with Gasteiger partial charge in [-0.3, -0.25) is 0 Å². The van der Waals surface area contributed by atoms with Crippen molar-refractivity contribution in [1.82, 2.24) is 20.1 Å². The first-order valence-electron chi connectivity index (χ1n) is 6.31. The molecule has 3 N–H and O–H groups in total. The summed E-state index contributed by atoms with van der Waals surface area (Å²) in [6, 6.07) is 0. The standard InChI is InChI=1S/C12H18N6O2/c1-4-8-7(2)15-12(13)17-11(8)14-5-9-16-10(6-19-3)20-18-9/h4-6H2,1-3H3,(H3,13,14,15,17). The second-order valence-corrected chi connectivity index (χ2v) is 4.24. The van der Waals surface area contributed by atoms with Crippen LogP contribution in [0.2, 0.25) is 0 Å². The Bertz CT molecular complexity index is 583. The van der Waals surface area contributed by atoms with Gasteiger partial charge in [0.25, 0.3) is 5.89 Å². The Kier molecular flexibility index (Phi) is 4.46. The molecule has 0 bridgehead atoms. The topological polar surface area (TPSA) is 112 Å². The van der Waals surface area contributed by atoms with Gasteiger partial charge >= 0.3 is 0 Å². The van der Waals surface area contributed by atoms with Crippen molar-refractivity contribution in [3.63, 3.8) is 0 Å². The Hall–Kier alpha value is -2.22. The highest BCUT2D eigenvalue weighted by atomic mass is 16.5. The maximum Gasteiger partial charge on any atom is 0.252 e. The lowest BCUT2D eigenvalue weighted by molar-refractivity contribution is 0.151. The van der Waals surface area contributed by atoms with Crippen LogP contribution in [-0.4, -0.2) is 27.2 Å². The number of rotatable bonds is 6. The molecule has 0 amide bonds. The number of aryl methyl sites for hydroxylation is 1. The highest BCUT2D eigenvalue weighted by Crippen LogP contribution is 2.18. The molecule has 20 heavy (non-hydrogen) atoms. The molecule has 2 heterocycles. The van der Waals surface area contributed by atoms with Crippen molar-refractivity contribution in [3.05, 3.63) is 23.0 Å². The lowest BCUT2D eigenvalue weighted by Crippen LogP contribution is -2.10. The maximum absolute atomic E-state index is 5.67. The van der Waals surface area contributed by atoms with Crippen molar-refractivity contribution in [2.24, 2.45) is 0 Å². The number of nitrogens with zero attached hydrogens (tertiary/aromatic N) is 4. The molecule has 0 aliphatic carbocycles. The van der Waals surface area contributed by atoms with Crippen LogP contribution < -0.4 is 11.1 Å². The summed E-state index contributed by atoms with van der Waals surface area (Å²) in [5.41, 5.74) is 7.57. The summed E-state index contributed by atoms with van der Waals surface area (Å²) in [6.45, 7) is 4.65. The number of hydrogen-bond acceptors (Lipinski definition) is 8. The first-order chi connectivity index (χ1) is 9.63. The summed E-state index contributed by atoms with van der Waals surface area (Å²) in [4.78, 5) is 12.5. The van der Waals surface area contributed by atoms with E-state index in [0.29, 0.717) is 30.7 Å². The maximum atomic E-state index is 5.67. The SMILES string of the molecule is CCc1c(C)nc(N)nc1NCc1noc(COC)n1. The zero-order chi connectivity index (χ0) is 14.5. The summed E-state index contributed by atoms with van der Waals surface area (Å²) >= 11 is 0. The first kappa shape index (κ1) is 14.2. The van der Waals surface area contributed by atoms with Crippen LogP contribution in [0.15, 0.2) is 4.52 Å². The summed E-state index contributed by atoms with van der Waals surface area (Å²) in [5, 5.41) is 7.01. The molecule has 0 radical (unpaired) electrons. The van der Waals surface area contributed by atoms with Gasteiger partial charge in [-0.1, -0.05) is 12.1 Å². The predicted molar refractivity (Wildman–Crippen MR) is 72.9 cm³/mol. The van der Waals surface area contributed by atoms with Crippen molar-refractivity contribution >= 4 is 11.8 Å². The minimum Gasteiger partial charge on any atom is -0.375 e. The van der Waals surface area contributed by atoms with Crippen molar-refractivity contribution in [1.29, 1.82) is 0 Å². The molecule has 0 spiro atoms. The number of nitrogens with one attached hydrogen (secondary N) is 1. The average molecular weight is 278 g/mol. The van der Waals surface area contributed by atoms with Gasteiger partial charge in [-0.2, -0.15) is 9.97 Å². The number of anilines is 2. The lowest BCUT2D eigenvalue weighted by Gasteiger charge is -2.11. The van der Waals surface area contributed by atoms with E-state index in [1.807, 2.05) is 13.8 Å². The molecule has 0 fully saturated rings. The molecule has 0 saturated carbocycles. The fourth-order valence-corrected chi connectivity index (χ4v) is 1.89. The van der Waals surface area contributed by atoms with Gasteiger partial charge in [0, 0.05) is 18.4 Å². The van der Waals surface area contributed by atoms with Crippen LogP contribution in [-0.2, 0) is 24.3 Å². The number of hydrogen-bond donors (Lipinski definition) is 2. The van der Waals surface area contributed by atoms with Gasteiger partial charge in [0.2, 0.25) is 5.95 Å². The van der Waals surface area contributed by atoms with Crippen LogP contribution in [0.3, 0.4) is 0 Å². The van der Waals surface area contributed by atoms with Crippen molar-refractivity contribution in [2.75, 3.05) is 18.2 Å². The lowest BCUT2D eigenvalue weighted by atomic mass is 10.1.